The van der Waals surface area contributed by atoms with E-state index in [1.807, 2.05) is 38.1 Å². The number of carbonyl (C=O) groups is 8. The fraction of sp³-hybridized carbons (Fsp3) is 0.270. The van der Waals surface area contributed by atoms with Crippen LogP contribution in [0.4, 0.5) is 27.6 Å². The first-order chi connectivity index (χ1) is 64.0. The van der Waals surface area contributed by atoms with Crippen LogP contribution in [-0.2, 0) is 29.6 Å². The number of amides is 5. The Balaban J connectivity index is 0.000000233. The number of fused-ring (bicyclic) bond motifs is 5. The summed E-state index contributed by atoms with van der Waals surface area (Å²) in [4.78, 5) is 149. The standard InChI is InChI=1S/C24H27BN4O6S.C23H26N4O7S.C15H15BN2O5.C15H17BN2O3.C10H9NO2.C2HF3O2/c1-17(28-36(33,34)21-7-3-2-4-8-21)15-27-23(31)18-13-19-9-10-20(16-29(19)22(30)14-18)35-12-6-5-11-26-24(25)32;24-10-4-5-11-34-18-9-8-17-12-16(13-21(28)27(17)15-18)22(29)25-14-20(23(30)31)26-35(32,33)19-6-2-1-3-7-19;16-15(22)17-5-1-2-6-23-12-4-3-11-7-10(14(20)21)8-13(19)18(11)9-12;1-11-8-12-4-5-13(10-18(12)14(19)9-11)21-7-3-2-6-17-15(16)20;1-7-4-8-2-3-9(12)6-11(8)10(13)5-7;3-2(4,5)1(6)7/h2-4,7-10,13-14,16-17,28H,5-6,11-12,15H2,1H3,(H,26,32)(H,27,31);1-3,6-9,12-13,15,20,26H,4-5,10-11,14,24H2,(H,25,29)(H,30,31);3-4,7-9H,1-2,5-6H2,(H,17,22)(H,20,21);4-5,8-10H,2-3,6-7H2,1H3,(H,17,20);2-6,12H,1H3;(H,6,7)/t17-;20-;;;;/m10..../s1. The maximum absolute atomic E-state index is 12.6. The van der Waals surface area contributed by atoms with E-state index in [9.17, 15) is 92.6 Å². The summed E-state index contributed by atoms with van der Waals surface area (Å²) in [6.45, 7) is 9.03. The summed E-state index contributed by atoms with van der Waals surface area (Å²) in [6, 6.07) is 44.7. The third-order valence-electron chi connectivity index (χ3n) is 18.6. The molecule has 0 aliphatic carbocycles. The van der Waals surface area contributed by atoms with Crippen LogP contribution in [0.25, 0.3) is 27.6 Å². The molecule has 5 amide bonds. The highest BCUT2D eigenvalue weighted by Gasteiger charge is 2.29. The van der Waals surface area contributed by atoms with Gasteiger partial charge in [-0.15, -0.1) is 0 Å². The van der Waals surface area contributed by atoms with Crippen LogP contribution in [0.1, 0.15) is 100 Å². The Labute approximate surface area is 773 Å². The summed E-state index contributed by atoms with van der Waals surface area (Å²) in [5, 5.41) is 48.8. The van der Waals surface area contributed by atoms with Gasteiger partial charge in [0.15, 0.2) is 41.0 Å². The molecule has 0 spiro atoms. The van der Waals surface area contributed by atoms with Gasteiger partial charge in [-0.25, -0.2) is 26.4 Å². The fourth-order valence-corrected chi connectivity index (χ4v) is 14.5. The molecule has 2 aromatic carbocycles. The van der Waals surface area contributed by atoms with Gasteiger partial charge in [0.2, 0.25) is 20.0 Å². The van der Waals surface area contributed by atoms with Crippen molar-refractivity contribution < 1.29 is 113 Å². The van der Waals surface area contributed by atoms with Crippen molar-refractivity contribution in [1.29, 1.82) is 0 Å². The van der Waals surface area contributed by atoms with E-state index < -0.39 is 109 Å². The molecule has 12 aromatic rings. The number of carbonyl (C=O) groups excluding carboxylic acids is 6. The number of alkyl halides is 3. The maximum atomic E-state index is 12.6. The molecular weight excluding hydrogens is 1800 g/mol. The molecular formula is C89H95B3F3N13O25S2. The molecule has 6 radical (unpaired) electrons. The highest BCUT2D eigenvalue weighted by Crippen LogP contribution is 2.21. The van der Waals surface area contributed by atoms with E-state index in [1.165, 1.54) is 96.9 Å². The number of carboxylic acid groups (broad SMARTS) is 3. The van der Waals surface area contributed by atoms with Crippen molar-refractivity contribution in [1.82, 2.24) is 58.0 Å². The van der Waals surface area contributed by atoms with Gasteiger partial charge in [0.25, 0.3) is 39.6 Å². The number of ether oxygens (including phenoxy) is 4. The summed E-state index contributed by atoms with van der Waals surface area (Å²) >= 11 is 0. The van der Waals surface area contributed by atoms with Gasteiger partial charge in [-0.05, 0) is 199 Å². The second-order valence-electron chi connectivity index (χ2n) is 29.4. The van der Waals surface area contributed by atoms with Crippen molar-refractivity contribution in [2.75, 3.05) is 65.7 Å². The van der Waals surface area contributed by atoms with Crippen molar-refractivity contribution in [3.8, 4) is 28.7 Å². The van der Waals surface area contributed by atoms with E-state index >= 15 is 0 Å². The fourth-order valence-electron chi connectivity index (χ4n) is 12.0. The van der Waals surface area contributed by atoms with Gasteiger partial charge < -0.3 is 76.5 Å². The van der Waals surface area contributed by atoms with Crippen LogP contribution in [0.2, 0.25) is 0 Å². The molecule has 10 aromatic heterocycles. The number of quaternary nitrogens is 1. The molecule has 12 rings (SSSR count). The monoisotopic (exact) mass is 1900 g/mol. The molecule has 135 heavy (non-hydrogen) atoms. The number of halogens is 3. The number of nitrogens with one attached hydrogen (secondary N) is 7. The molecule has 0 unspecified atom stereocenters. The second-order valence-corrected chi connectivity index (χ2v) is 32.9. The molecule has 0 aliphatic heterocycles. The van der Waals surface area contributed by atoms with Crippen LogP contribution in [0.15, 0.2) is 247 Å². The Bertz CT molecular complexity index is 6740. The first kappa shape index (κ1) is 107. The van der Waals surface area contributed by atoms with Gasteiger partial charge in [-0.1, -0.05) is 36.4 Å². The Hall–Kier alpha value is -14.9. The van der Waals surface area contributed by atoms with Crippen molar-refractivity contribution >= 4 is 118 Å². The summed E-state index contributed by atoms with van der Waals surface area (Å²) in [6.07, 6.45) is 8.68. The number of aromatic carboxylic acids is 1. The lowest BCUT2D eigenvalue weighted by molar-refractivity contribution is -0.368. The van der Waals surface area contributed by atoms with Gasteiger partial charge in [-0.3, -0.25) is 74.7 Å². The van der Waals surface area contributed by atoms with Crippen LogP contribution in [0.5, 0.6) is 28.7 Å². The number of sulfonamides is 2. The van der Waals surface area contributed by atoms with Crippen LogP contribution in [0, 0.1) is 13.8 Å². The van der Waals surface area contributed by atoms with Crippen LogP contribution < -0.4 is 93.6 Å². The summed E-state index contributed by atoms with van der Waals surface area (Å²) in [5.41, 5.74) is 7.31. The van der Waals surface area contributed by atoms with E-state index in [0.717, 1.165) is 72.9 Å². The number of aromatic nitrogens is 5. The van der Waals surface area contributed by atoms with E-state index in [-0.39, 0.29) is 49.9 Å². The molecule has 0 bridgehead atoms. The highest BCUT2D eigenvalue weighted by molar-refractivity contribution is 7.89. The minimum atomic E-state index is -5.19. The summed E-state index contributed by atoms with van der Waals surface area (Å²) in [7, 11) is 7.08. The number of benzene rings is 2. The van der Waals surface area contributed by atoms with Gasteiger partial charge in [0.1, 0.15) is 40.8 Å². The molecule has 13 N–H and O–H groups in total. The number of unbranched alkanes of at least 4 members (excludes halogenated alkanes) is 4. The van der Waals surface area contributed by atoms with Crippen molar-refractivity contribution in [2.24, 2.45) is 0 Å². The van der Waals surface area contributed by atoms with Crippen LogP contribution >= 0.6 is 0 Å². The van der Waals surface area contributed by atoms with Gasteiger partial charge in [-0.2, -0.15) is 17.9 Å². The molecule has 10 heterocycles. The lowest BCUT2D eigenvalue weighted by atomic mass is 10.1. The average molecular weight is 1900 g/mol. The molecule has 0 saturated heterocycles. The van der Waals surface area contributed by atoms with E-state index in [2.05, 4.69) is 41.8 Å². The normalized spacial score (nSPS) is 11.4. The molecule has 0 saturated carbocycles. The van der Waals surface area contributed by atoms with Gasteiger partial charge >= 0.3 is 18.1 Å². The third kappa shape index (κ3) is 36.0. The number of aliphatic carboxylic acids is 2. The van der Waals surface area contributed by atoms with Gasteiger partial charge in [0.05, 0.1) is 79.3 Å². The third-order valence-corrected chi connectivity index (χ3v) is 21.7. The lowest BCUT2D eigenvalue weighted by Gasteiger charge is -2.16. The van der Waals surface area contributed by atoms with Crippen molar-refractivity contribution in [3.63, 3.8) is 0 Å². The largest absolute Gasteiger partial charge is 0.542 e. The van der Waals surface area contributed by atoms with Crippen molar-refractivity contribution in [3.05, 3.63) is 293 Å². The number of hydrogen-bond acceptors (Lipinski definition) is 23. The second kappa shape index (κ2) is 52.4. The molecule has 0 fully saturated rings. The molecule has 708 valence electrons. The Morgan fingerprint density at radius 2 is 0.733 bits per heavy atom. The van der Waals surface area contributed by atoms with E-state index in [4.69, 9.17) is 62.6 Å². The first-order valence-electron chi connectivity index (χ1n) is 41.3. The Morgan fingerprint density at radius 1 is 0.422 bits per heavy atom. The number of aryl methyl sites for hydroxylation is 2. The van der Waals surface area contributed by atoms with Crippen LogP contribution in [0.3, 0.4) is 0 Å². The predicted molar refractivity (Wildman–Crippen MR) is 491 cm³/mol. The smallest absolute Gasteiger partial charge is 0.430 e. The van der Waals surface area contributed by atoms with Gasteiger partial charge in [0, 0.05) is 108 Å². The minimum absolute atomic E-state index is 0.00849. The highest BCUT2D eigenvalue weighted by atomic mass is 32.2. The maximum Gasteiger partial charge on any atom is 0.430 e. The molecule has 38 nitrogen and oxygen atoms in total. The number of pyridine rings is 10. The number of carboxylic acids is 3. The molecule has 2 atom stereocenters. The summed E-state index contributed by atoms with van der Waals surface area (Å²) in [5.74, 6) is -6.22. The minimum Gasteiger partial charge on any atom is -0.542 e. The zero-order valence-corrected chi connectivity index (χ0v) is 74.7. The quantitative estimate of drug-likeness (QED) is 0.0187. The zero-order valence-electron chi connectivity index (χ0n) is 73.0. The average Bonchev–Trinajstić information content (AvgIpc) is 0.852. The summed E-state index contributed by atoms with van der Waals surface area (Å²) < 4.78 is 115. The predicted octanol–water partition coefficient (Wildman–Crippen LogP) is 4.59. The Morgan fingerprint density at radius 3 is 1.07 bits per heavy atom. The number of nitrogens with zero attached hydrogens (tertiary/aromatic N) is 5. The first-order valence-corrected chi connectivity index (χ1v) is 44.3. The number of aromatic hydroxyl groups is 1. The molecule has 0 aliphatic rings. The zero-order chi connectivity index (χ0) is 99.1. The molecule has 46 heteroatoms. The SMILES string of the molecule is Cc1cc(=O)n2cc(O)ccc2c1.O=C([O-])C(F)(F)F.[B]C(=O)NCCCCOc1ccc2cc(C(=O)NC[C@@H](C)NS(=O)(=O)c3ccccc3)cc(=O)n2c1.[B]C(=O)NCCCCOc1ccc2cc(C(=O)O)cc(=O)n2c1.[B]C(=O)NCCCCOc1ccc2cc(C)cc(=O)n2c1.[NH3+]CCCCOc1ccc2cc(C(=O)NC[C@H](NS(=O)(=O)c3ccccc3)C(=O)O)cc(=O)n2c1. The topological polar surface area (TPSA) is 545 Å². The lowest BCUT2D eigenvalue weighted by Crippen LogP contribution is -2.50. The van der Waals surface area contributed by atoms with E-state index in [0.29, 0.717) is 105 Å². The van der Waals surface area contributed by atoms with Crippen molar-refractivity contribution in [2.45, 2.75) is 100 Å². The van der Waals surface area contributed by atoms with Crippen LogP contribution in [-0.4, -0.2) is 209 Å². The number of rotatable bonds is 37. The Kier molecular flexibility index (Phi) is 41.6. The van der Waals surface area contributed by atoms with E-state index in [1.54, 1.807) is 109 Å². The number of hydrogen-bond donors (Lipinski definition) is 11.